The van der Waals surface area contributed by atoms with Gasteiger partial charge in [-0.15, -0.1) is 0 Å². The van der Waals surface area contributed by atoms with Crippen LogP contribution in [-0.4, -0.2) is 151 Å². The van der Waals surface area contributed by atoms with E-state index in [-0.39, 0.29) is 72.3 Å². The van der Waals surface area contributed by atoms with Crippen LogP contribution in [-0.2, 0) is 31.4 Å². The maximum Gasteiger partial charge on any atom is 0.419 e. The van der Waals surface area contributed by atoms with Crippen LogP contribution in [0, 0.1) is 13.8 Å². The fourth-order valence-corrected chi connectivity index (χ4v) is 8.53. The lowest BCUT2D eigenvalue weighted by Gasteiger charge is -2.36. The van der Waals surface area contributed by atoms with E-state index in [1.165, 1.54) is 12.4 Å². The van der Waals surface area contributed by atoms with Gasteiger partial charge in [-0.25, -0.2) is 30.1 Å². The number of aromatic nitrogens is 8. The van der Waals surface area contributed by atoms with Crippen LogP contribution in [0.4, 0.5) is 38.2 Å². The Morgan fingerprint density at radius 3 is 1.23 bits per heavy atom. The summed E-state index contributed by atoms with van der Waals surface area (Å²) in [7, 11) is 0. The number of carbonyl (C=O) groups excluding carboxylic acids is 2. The number of halogens is 6. The molecule has 2 amide bonds. The normalized spacial score (nSPS) is 20.4. The number of hydrogen-bond acceptors (Lipinski definition) is 16. The number of anilines is 2. The van der Waals surface area contributed by atoms with E-state index in [1.807, 2.05) is 19.6 Å². The van der Waals surface area contributed by atoms with Crippen molar-refractivity contribution < 1.29 is 54.9 Å². The molecule has 4 aromatic heterocycles. The first-order valence-electron chi connectivity index (χ1n) is 22.8. The minimum absolute atomic E-state index is 0.0280. The topological polar surface area (TPSA) is 227 Å². The quantitative estimate of drug-likeness (QED) is 0.171. The van der Waals surface area contributed by atoms with Crippen molar-refractivity contribution in [3.05, 3.63) is 80.1 Å². The summed E-state index contributed by atoms with van der Waals surface area (Å²) in [6.07, 6.45) is -1.02. The summed E-state index contributed by atoms with van der Waals surface area (Å²) >= 11 is 0. The van der Waals surface area contributed by atoms with Crippen LogP contribution in [0.5, 0.6) is 11.5 Å². The lowest BCUT2D eigenvalue weighted by Crippen LogP contribution is -2.47. The molecule has 0 aliphatic carbocycles. The Labute approximate surface area is 397 Å². The van der Waals surface area contributed by atoms with Gasteiger partial charge in [-0.1, -0.05) is 0 Å². The average molecular weight is 993 g/mol. The highest BCUT2D eigenvalue weighted by molar-refractivity contribution is 5.84. The SMILES string of the molecule is Cc1c(O[C@@H](C)CO[C@@H]2CCN(C3CCN(c4ncc(C(F)(F)F)cn4)CC3)C2=O)cn[nH]c1=O.Cc1c(O[C@@H](C)CO[C@H]2CCN(C3CCN(c4ncc(C(F)(F)F)cn4)CC3)C2=O)cn[nH]c1=O. The van der Waals surface area contributed by atoms with Crippen LogP contribution in [0.25, 0.3) is 0 Å². The molecule has 4 aliphatic heterocycles. The molecule has 0 unspecified atom stereocenters. The molecule has 8 rings (SSSR count). The largest absolute Gasteiger partial charge is 0.486 e. The second-order valence-electron chi connectivity index (χ2n) is 17.5. The van der Waals surface area contributed by atoms with Crippen LogP contribution in [0.3, 0.4) is 0 Å². The van der Waals surface area contributed by atoms with Gasteiger partial charge in [0, 0.05) is 89.0 Å². The van der Waals surface area contributed by atoms with Crippen molar-refractivity contribution in [3.63, 3.8) is 0 Å². The number of ether oxygens (including phenoxy) is 4. The predicted octanol–water partition coefficient (Wildman–Crippen LogP) is 3.88. The van der Waals surface area contributed by atoms with Crippen molar-refractivity contribution in [1.82, 2.24) is 50.1 Å². The Hall–Kier alpha value is -6.44. The first-order chi connectivity index (χ1) is 33.3. The first-order valence-corrected chi connectivity index (χ1v) is 22.8. The van der Waals surface area contributed by atoms with E-state index in [9.17, 15) is 45.5 Å². The van der Waals surface area contributed by atoms with Crippen molar-refractivity contribution in [1.29, 1.82) is 0 Å². The van der Waals surface area contributed by atoms with Crippen LogP contribution < -0.4 is 30.4 Å². The molecule has 20 nitrogen and oxygen atoms in total. The first kappa shape index (κ1) is 51.4. The monoisotopic (exact) mass is 992 g/mol. The standard InChI is InChI=1S/2C22H27F3N6O4/c2*1-13(35-18-11-28-29-19(32)14(18)2)12-34-17-5-8-31(20(17)33)16-3-6-30(7-4-16)21-26-9-15(10-27-21)22(23,24)25/h2*9-11,13,16-17H,3-8,12H2,1-2H3,(H,29,32)/t13-,17+;13-,17-/m00/s1. The molecule has 0 aromatic carbocycles. The number of nitrogens with zero attached hydrogens (tertiary/aromatic N) is 10. The fourth-order valence-electron chi connectivity index (χ4n) is 8.53. The van der Waals surface area contributed by atoms with Gasteiger partial charge in [0.25, 0.3) is 22.9 Å². The molecular formula is C44H54F6N12O8. The lowest BCUT2D eigenvalue weighted by molar-refractivity contribution is -0.141. The van der Waals surface area contributed by atoms with Crippen molar-refractivity contribution in [2.75, 3.05) is 62.3 Å². The summed E-state index contributed by atoms with van der Waals surface area (Å²) in [5.41, 5.74) is -1.57. The van der Waals surface area contributed by atoms with E-state index in [4.69, 9.17) is 18.9 Å². The second kappa shape index (κ2) is 22.1. The van der Waals surface area contributed by atoms with Gasteiger partial charge in [-0.05, 0) is 53.4 Å². The van der Waals surface area contributed by atoms with Crippen molar-refractivity contribution >= 4 is 23.7 Å². The molecule has 70 heavy (non-hydrogen) atoms. The zero-order chi connectivity index (χ0) is 50.3. The number of H-pyrrole nitrogens is 2. The average Bonchev–Trinajstić information content (AvgIpc) is 3.90. The third kappa shape index (κ3) is 12.7. The van der Waals surface area contributed by atoms with Gasteiger partial charge in [0.1, 0.15) is 35.9 Å². The Morgan fingerprint density at radius 2 is 0.900 bits per heavy atom. The number of rotatable bonds is 14. The molecule has 2 N–H and O–H groups in total. The minimum atomic E-state index is -4.47. The second-order valence-corrected chi connectivity index (χ2v) is 17.5. The van der Waals surface area contributed by atoms with Crippen molar-refractivity contribution in [2.24, 2.45) is 0 Å². The van der Waals surface area contributed by atoms with Crippen molar-refractivity contribution in [2.45, 2.75) is 115 Å². The van der Waals surface area contributed by atoms with E-state index < -0.39 is 35.7 Å². The molecule has 0 bridgehead atoms. The molecule has 380 valence electrons. The molecule has 4 aliphatic rings. The van der Waals surface area contributed by atoms with E-state index in [2.05, 4.69) is 40.3 Å². The Bertz CT molecular complexity index is 2340. The Morgan fingerprint density at radius 1 is 0.557 bits per heavy atom. The lowest BCUT2D eigenvalue weighted by atomic mass is 10.0. The van der Waals surface area contributed by atoms with E-state index >= 15 is 0 Å². The van der Waals surface area contributed by atoms with Gasteiger partial charge in [0.2, 0.25) is 11.9 Å². The van der Waals surface area contributed by atoms with E-state index in [0.29, 0.717) is 100 Å². The summed E-state index contributed by atoms with van der Waals surface area (Å²) in [5, 5.41) is 12.1. The van der Waals surface area contributed by atoms with Crippen molar-refractivity contribution in [3.8, 4) is 11.5 Å². The molecule has 4 aromatic rings. The molecule has 26 heteroatoms. The zero-order valence-electron chi connectivity index (χ0n) is 38.8. The molecule has 4 atom stereocenters. The number of carbonyl (C=O) groups is 2. The number of alkyl halides is 6. The predicted molar refractivity (Wildman–Crippen MR) is 236 cm³/mol. The Kier molecular flexibility index (Phi) is 16.2. The van der Waals surface area contributed by atoms with Gasteiger partial charge in [0.05, 0.1) is 47.9 Å². The fraction of sp³-hybridized carbons (Fsp3) is 0.591. The molecule has 4 saturated heterocycles. The zero-order valence-corrected chi connectivity index (χ0v) is 38.8. The summed E-state index contributed by atoms with van der Waals surface area (Å²) in [5.74, 6) is 1.10. The molecule has 4 fully saturated rings. The molecule has 0 saturated carbocycles. The smallest absolute Gasteiger partial charge is 0.419 e. The summed E-state index contributed by atoms with van der Waals surface area (Å²) in [6, 6.07) is 0.0560. The highest BCUT2D eigenvalue weighted by Crippen LogP contribution is 2.32. The number of likely N-dealkylation sites (tertiary alicyclic amines) is 2. The maximum atomic E-state index is 12.9. The molecule has 0 radical (unpaired) electrons. The molecule has 0 spiro atoms. The number of piperidine rings is 2. The van der Waals surface area contributed by atoms with E-state index in [1.54, 1.807) is 27.7 Å². The highest BCUT2D eigenvalue weighted by atomic mass is 19.4. The van der Waals surface area contributed by atoms with Crippen LogP contribution in [0.15, 0.2) is 46.8 Å². The number of nitrogens with one attached hydrogen (secondary N) is 2. The van der Waals surface area contributed by atoms with Gasteiger partial charge < -0.3 is 38.5 Å². The van der Waals surface area contributed by atoms with Gasteiger partial charge >= 0.3 is 12.4 Å². The molecular weight excluding hydrogens is 939 g/mol. The Balaban J connectivity index is 0.000000206. The van der Waals surface area contributed by atoms with Gasteiger partial charge in [-0.3, -0.25) is 19.2 Å². The summed E-state index contributed by atoms with van der Waals surface area (Å²) in [6.45, 7) is 10.5. The van der Waals surface area contributed by atoms with Crippen LogP contribution >= 0.6 is 0 Å². The minimum Gasteiger partial charge on any atom is -0.486 e. The highest BCUT2D eigenvalue weighted by Gasteiger charge is 2.40. The van der Waals surface area contributed by atoms with Crippen LogP contribution in [0.2, 0.25) is 0 Å². The van der Waals surface area contributed by atoms with Gasteiger partial charge in [-0.2, -0.15) is 36.5 Å². The maximum absolute atomic E-state index is 12.9. The van der Waals surface area contributed by atoms with Gasteiger partial charge in [0.15, 0.2) is 0 Å². The number of amides is 2. The van der Waals surface area contributed by atoms with E-state index in [0.717, 1.165) is 24.8 Å². The number of hydrogen-bond donors (Lipinski definition) is 2. The summed E-state index contributed by atoms with van der Waals surface area (Å²) < 4.78 is 99.4. The summed E-state index contributed by atoms with van der Waals surface area (Å²) in [4.78, 5) is 71.9. The molecule has 8 heterocycles. The van der Waals surface area contributed by atoms with Crippen LogP contribution in [0.1, 0.15) is 74.6 Å². The third-order valence-corrected chi connectivity index (χ3v) is 12.5. The third-order valence-electron chi connectivity index (χ3n) is 12.5. The number of aromatic amines is 2.